The van der Waals surface area contributed by atoms with Gasteiger partial charge in [0.1, 0.15) is 5.69 Å². The van der Waals surface area contributed by atoms with Crippen LogP contribution in [0.15, 0.2) is 36.4 Å². The molecule has 0 saturated carbocycles. The van der Waals surface area contributed by atoms with E-state index in [4.69, 9.17) is 23.2 Å². The molecule has 3 rings (SSSR count). The Morgan fingerprint density at radius 3 is 2.18 bits per heavy atom. The lowest BCUT2D eigenvalue weighted by molar-refractivity contribution is -0.384. The van der Waals surface area contributed by atoms with Gasteiger partial charge in [0.2, 0.25) is 0 Å². The van der Waals surface area contributed by atoms with Crippen molar-refractivity contribution >= 4 is 46.2 Å². The molecule has 0 aliphatic carbocycles. The Bertz CT molecular complexity index is 961. The van der Waals surface area contributed by atoms with Gasteiger partial charge in [-0.25, -0.2) is 0 Å². The second-order valence-corrected chi connectivity index (χ2v) is 6.88. The molecule has 2 aromatic rings. The monoisotopic (exact) mass is 424 g/mol. The van der Waals surface area contributed by atoms with Gasteiger partial charge in [-0.15, -0.1) is 0 Å². The van der Waals surface area contributed by atoms with Crippen LogP contribution in [0.25, 0.3) is 0 Å². The number of benzene rings is 2. The summed E-state index contributed by atoms with van der Waals surface area (Å²) in [5.74, 6) is -0.354. The van der Waals surface area contributed by atoms with Crippen LogP contribution in [0.2, 0.25) is 10.0 Å². The van der Waals surface area contributed by atoms with Gasteiger partial charge in [-0.3, -0.25) is 25.0 Å². The van der Waals surface area contributed by atoms with Crippen molar-refractivity contribution in [2.24, 2.45) is 0 Å². The van der Waals surface area contributed by atoms with E-state index >= 15 is 0 Å². The van der Waals surface area contributed by atoms with Crippen LogP contribution in [-0.2, 0) is 0 Å². The van der Waals surface area contributed by atoms with E-state index in [0.717, 1.165) is 6.07 Å². The van der Waals surface area contributed by atoms with Gasteiger partial charge in [0.05, 0.1) is 25.5 Å². The quantitative estimate of drug-likeness (QED) is 0.545. The fourth-order valence-corrected chi connectivity index (χ4v) is 3.60. The second kappa shape index (κ2) is 7.99. The van der Waals surface area contributed by atoms with Crippen molar-refractivity contribution in [1.82, 2.24) is 4.90 Å². The van der Waals surface area contributed by atoms with Crippen molar-refractivity contribution in [3.8, 4) is 0 Å². The van der Waals surface area contributed by atoms with E-state index in [-0.39, 0.29) is 32.9 Å². The number of para-hydroxylation sites is 1. The number of rotatable bonds is 4. The standard InChI is InChI=1S/C17H14Cl2N4O5/c18-13-2-1-3-15(23(27)28)16(13)20-6-8-21(9-7-20)17(24)12-5-4-11(22(25)26)10-14(12)19/h1-5,10H,6-9H2. The molecule has 0 unspecified atom stereocenters. The molecule has 0 bridgehead atoms. The van der Waals surface area contributed by atoms with Crippen molar-refractivity contribution in [2.75, 3.05) is 31.1 Å². The number of non-ortho nitro benzene ring substituents is 1. The van der Waals surface area contributed by atoms with Crippen LogP contribution < -0.4 is 4.90 Å². The maximum atomic E-state index is 12.7. The van der Waals surface area contributed by atoms with Crippen molar-refractivity contribution < 1.29 is 14.6 Å². The lowest BCUT2D eigenvalue weighted by Crippen LogP contribution is -2.49. The van der Waals surface area contributed by atoms with E-state index in [9.17, 15) is 25.0 Å². The second-order valence-electron chi connectivity index (χ2n) is 6.07. The first kappa shape index (κ1) is 19.8. The summed E-state index contributed by atoms with van der Waals surface area (Å²) in [5, 5.41) is 22.4. The van der Waals surface area contributed by atoms with E-state index in [0.29, 0.717) is 31.9 Å². The Kier molecular flexibility index (Phi) is 5.66. The normalized spacial score (nSPS) is 14.1. The molecule has 2 aromatic carbocycles. The number of nitrogens with zero attached hydrogens (tertiary/aromatic N) is 4. The third-order valence-corrected chi connectivity index (χ3v) is 5.06. The molecule has 0 N–H and O–H groups in total. The van der Waals surface area contributed by atoms with Crippen LogP contribution in [0.1, 0.15) is 10.4 Å². The Labute approximate surface area is 169 Å². The molecular formula is C17H14Cl2N4O5. The minimum Gasteiger partial charge on any atom is -0.361 e. The smallest absolute Gasteiger partial charge is 0.294 e. The van der Waals surface area contributed by atoms with Gasteiger partial charge in [0.25, 0.3) is 17.3 Å². The van der Waals surface area contributed by atoms with Gasteiger partial charge in [-0.2, -0.15) is 0 Å². The molecule has 1 aliphatic rings. The van der Waals surface area contributed by atoms with E-state index in [1.54, 1.807) is 15.9 Å². The molecule has 1 heterocycles. The first-order valence-electron chi connectivity index (χ1n) is 8.20. The summed E-state index contributed by atoms with van der Waals surface area (Å²) >= 11 is 12.2. The first-order chi connectivity index (χ1) is 13.3. The summed E-state index contributed by atoms with van der Waals surface area (Å²) in [5.41, 5.74) is 0.210. The highest BCUT2D eigenvalue weighted by Gasteiger charge is 2.29. The Balaban J connectivity index is 1.75. The molecule has 0 spiro atoms. The Morgan fingerprint density at radius 1 is 0.929 bits per heavy atom. The van der Waals surface area contributed by atoms with Crippen LogP contribution in [0.5, 0.6) is 0 Å². The molecule has 0 aromatic heterocycles. The number of amides is 1. The topological polar surface area (TPSA) is 110 Å². The van der Waals surface area contributed by atoms with E-state index < -0.39 is 9.85 Å². The van der Waals surface area contributed by atoms with Crippen molar-refractivity contribution in [3.63, 3.8) is 0 Å². The Morgan fingerprint density at radius 2 is 1.61 bits per heavy atom. The van der Waals surface area contributed by atoms with Crippen molar-refractivity contribution in [2.45, 2.75) is 0 Å². The Hall–Kier alpha value is -2.91. The van der Waals surface area contributed by atoms with Gasteiger partial charge in [-0.05, 0) is 12.1 Å². The van der Waals surface area contributed by atoms with Crippen molar-refractivity contribution in [3.05, 3.63) is 72.2 Å². The SMILES string of the molecule is O=C(c1ccc([N+](=O)[O-])cc1Cl)N1CCN(c2c(Cl)cccc2[N+](=O)[O-])CC1. The molecule has 9 nitrogen and oxygen atoms in total. The van der Waals surface area contributed by atoms with E-state index in [2.05, 4.69) is 0 Å². The molecule has 1 saturated heterocycles. The van der Waals surface area contributed by atoms with Crippen LogP contribution in [0.3, 0.4) is 0 Å². The summed E-state index contributed by atoms with van der Waals surface area (Å²) in [6.45, 7) is 1.30. The van der Waals surface area contributed by atoms with Crippen LogP contribution in [-0.4, -0.2) is 46.8 Å². The summed E-state index contributed by atoms with van der Waals surface area (Å²) < 4.78 is 0. The van der Waals surface area contributed by atoms with Gasteiger partial charge in [0, 0.05) is 44.4 Å². The minimum absolute atomic E-state index is 0.00312. The first-order valence-corrected chi connectivity index (χ1v) is 8.96. The lowest BCUT2D eigenvalue weighted by Gasteiger charge is -2.36. The molecule has 0 atom stereocenters. The number of nitro groups is 2. The number of nitro benzene ring substituents is 2. The number of anilines is 1. The third kappa shape index (κ3) is 3.85. The van der Waals surface area contributed by atoms with Gasteiger partial charge in [-0.1, -0.05) is 29.3 Å². The van der Waals surface area contributed by atoms with E-state index in [1.165, 1.54) is 24.3 Å². The average molecular weight is 425 g/mol. The average Bonchev–Trinajstić information content (AvgIpc) is 2.67. The minimum atomic E-state index is -0.588. The molecule has 28 heavy (non-hydrogen) atoms. The van der Waals surface area contributed by atoms with Crippen molar-refractivity contribution in [1.29, 1.82) is 0 Å². The number of carbonyl (C=O) groups is 1. The van der Waals surface area contributed by atoms with Crippen LogP contribution >= 0.6 is 23.2 Å². The summed E-state index contributed by atoms with van der Waals surface area (Å²) in [7, 11) is 0. The van der Waals surface area contributed by atoms with Crippen LogP contribution in [0, 0.1) is 20.2 Å². The zero-order valence-electron chi connectivity index (χ0n) is 14.4. The number of carbonyl (C=O) groups excluding carboxylic acids is 1. The molecule has 0 radical (unpaired) electrons. The zero-order chi connectivity index (χ0) is 20.4. The molecule has 1 aliphatic heterocycles. The zero-order valence-corrected chi connectivity index (χ0v) is 15.9. The highest BCUT2D eigenvalue weighted by atomic mass is 35.5. The van der Waals surface area contributed by atoms with E-state index in [1.807, 2.05) is 0 Å². The molecule has 11 heteroatoms. The highest BCUT2D eigenvalue weighted by Crippen LogP contribution is 2.36. The summed E-state index contributed by atoms with van der Waals surface area (Å²) in [6.07, 6.45) is 0. The highest BCUT2D eigenvalue weighted by molar-refractivity contribution is 6.34. The predicted octanol–water partition coefficient (Wildman–Crippen LogP) is 3.77. The van der Waals surface area contributed by atoms with Gasteiger partial charge >= 0.3 is 0 Å². The number of hydrogen-bond donors (Lipinski definition) is 0. The summed E-state index contributed by atoms with van der Waals surface area (Å²) in [6, 6.07) is 8.17. The predicted molar refractivity (Wildman–Crippen MR) is 104 cm³/mol. The summed E-state index contributed by atoms with van der Waals surface area (Å²) in [4.78, 5) is 37.0. The number of halogens is 2. The largest absolute Gasteiger partial charge is 0.361 e. The number of hydrogen-bond acceptors (Lipinski definition) is 6. The third-order valence-electron chi connectivity index (χ3n) is 4.44. The molecule has 1 fully saturated rings. The fraction of sp³-hybridized carbons (Fsp3) is 0.235. The van der Waals surface area contributed by atoms with Gasteiger partial charge in [0.15, 0.2) is 0 Å². The molecule has 146 valence electrons. The molecular weight excluding hydrogens is 411 g/mol. The fourth-order valence-electron chi connectivity index (χ4n) is 3.06. The maximum Gasteiger partial charge on any atom is 0.294 e. The maximum absolute atomic E-state index is 12.7. The lowest BCUT2D eigenvalue weighted by atomic mass is 10.1. The van der Waals surface area contributed by atoms with Crippen LogP contribution in [0.4, 0.5) is 17.1 Å². The number of piperazine rings is 1. The molecule has 1 amide bonds. The van der Waals surface area contributed by atoms with Gasteiger partial charge < -0.3 is 9.80 Å².